The number of carbonyl (C=O) groups excluding carboxylic acids is 1. The van der Waals surface area contributed by atoms with Crippen LogP contribution in [0.1, 0.15) is 40.2 Å². The molecular weight excluding hydrogens is 414 g/mol. The minimum Gasteiger partial charge on any atom is -0.487 e. The van der Waals surface area contributed by atoms with Crippen LogP contribution >= 0.6 is 0 Å². The van der Waals surface area contributed by atoms with E-state index < -0.39 is 0 Å². The van der Waals surface area contributed by atoms with Gasteiger partial charge in [0.1, 0.15) is 24.1 Å². The normalized spacial score (nSPS) is 18.4. The van der Waals surface area contributed by atoms with Gasteiger partial charge in [-0.15, -0.1) is 0 Å². The average molecular weight is 442 g/mol. The molecule has 0 aliphatic carbocycles. The number of aryl methyl sites for hydroxylation is 1. The summed E-state index contributed by atoms with van der Waals surface area (Å²) in [5.74, 6) is 0.714. The number of fused-ring (bicyclic) bond motifs is 1. The Labute approximate surface area is 193 Å². The van der Waals surface area contributed by atoms with E-state index in [1.165, 1.54) is 0 Å². The fraction of sp³-hybridized carbons (Fsp3) is 0.259. The number of rotatable bonds is 5. The second-order valence-corrected chi connectivity index (χ2v) is 8.52. The highest BCUT2D eigenvalue weighted by atomic mass is 16.5. The zero-order chi connectivity index (χ0) is 22.8. The van der Waals surface area contributed by atoms with Gasteiger partial charge in [0.25, 0.3) is 5.91 Å². The highest BCUT2D eigenvalue weighted by molar-refractivity contribution is 5.94. The lowest BCUT2D eigenvalue weighted by atomic mass is 10.1. The van der Waals surface area contributed by atoms with Crippen LogP contribution in [0.2, 0.25) is 0 Å². The Morgan fingerprint density at radius 1 is 1.06 bits per heavy atom. The minimum absolute atomic E-state index is 0.00783. The molecule has 5 rings (SSSR count). The van der Waals surface area contributed by atoms with Crippen molar-refractivity contribution in [1.29, 1.82) is 0 Å². The van der Waals surface area contributed by atoms with Crippen LogP contribution in [0, 0.1) is 6.92 Å². The topological polar surface area (TPSA) is 56.1 Å². The molecule has 6 heteroatoms. The number of benzene rings is 2. The summed E-state index contributed by atoms with van der Waals surface area (Å²) in [4.78, 5) is 19.7. The second kappa shape index (κ2) is 9.08. The van der Waals surface area contributed by atoms with Gasteiger partial charge in [-0.1, -0.05) is 36.4 Å². The van der Waals surface area contributed by atoms with Crippen LogP contribution in [0.25, 0.3) is 5.65 Å². The Kier molecular flexibility index (Phi) is 5.84. The molecule has 0 N–H and O–H groups in total. The monoisotopic (exact) mass is 441 g/mol. The summed E-state index contributed by atoms with van der Waals surface area (Å²) in [6.07, 6.45) is 3.82. The number of carbonyl (C=O) groups is 1. The van der Waals surface area contributed by atoms with Crippen LogP contribution in [0.3, 0.4) is 0 Å². The fourth-order valence-electron chi connectivity index (χ4n) is 4.28. The summed E-state index contributed by atoms with van der Waals surface area (Å²) in [5.41, 5.74) is 4.65. The average Bonchev–Trinajstić information content (AvgIpc) is 3.27. The maximum Gasteiger partial charge on any atom is 0.254 e. The quantitative estimate of drug-likeness (QED) is 0.445. The first-order valence-electron chi connectivity index (χ1n) is 11.2. The highest BCUT2D eigenvalue weighted by Crippen LogP contribution is 2.26. The Morgan fingerprint density at radius 2 is 1.85 bits per heavy atom. The molecule has 1 aliphatic rings. The van der Waals surface area contributed by atoms with Crippen molar-refractivity contribution in [3.63, 3.8) is 0 Å². The standard InChI is InChI=1S/C27H27N3O3/c1-19-7-6-14-29-16-23(28-26(19)29)18-32-24-12-10-22(11-13-24)27(31)30-15-20(2)33-25(17-30)21-8-4-3-5-9-21/h3-14,16,20,25H,15,17-18H2,1-2H3. The van der Waals surface area contributed by atoms with E-state index in [1.54, 1.807) is 0 Å². The molecule has 6 nitrogen and oxygen atoms in total. The predicted octanol–water partition coefficient (Wildman–Crippen LogP) is 4.82. The molecule has 0 saturated carbocycles. The molecule has 2 aromatic heterocycles. The number of pyridine rings is 1. The molecule has 1 amide bonds. The number of amides is 1. The van der Waals surface area contributed by atoms with Gasteiger partial charge in [-0.25, -0.2) is 4.98 Å². The number of hydrogen-bond donors (Lipinski definition) is 0. The van der Waals surface area contributed by atoms with Crippen molar-refractivity contribution in [1.82, 2.24) is 14.3 Å². The van der Waals surface area contributed by atoms with Gasteiger partial charge in [0.15, 0.2) is 0 Å². The lowest BCUT2D eigenvalue weighted by Crippen LogP contribution is -2.45. The molecule has 3 heterocycles. The third-order valence-corrected chi connectivity index (χ3v) is 5.93. The van der Waals surface area contributed by atoms with Crippen LogP contribution in [0.5, 0.6) is 5.75 Å². The van der Waals surface area contributed by atoms with Crippen LogP contribution in [-0.2, 0) is 11.3 Å². The molecule has 0 radical (unpaired) electrons. The molecule has 0 spiro atoms. The first kappa shape index (κ1) is 21.2. The Hall–Kier alpha value is -3.64. The van der Waals surface area contributed by atoms with E-state index in [1.807, 2.05) is 102 Å². The molecule has 0 bridgehead atoms. The third kappa shape index (κ3) is 4.61. The van der Waals surface area contributed by atoms with Gasteiger partial charge in [0.05, 0.1) is 18.3 Å². The molecule has 1 fully saturated rings. The molecule has 168 valence electrons. The van der Waals surface area contributed by atoms with E-state index in [0.717, 1.165) is 22.5 Å². The molecule has 2 unspecified atom stereocenters. The predicted molar refractivity (Wildman–Crippen MR) is 126 cm³/mol. The van der Waals surface area contributed by atoms with Crippen molar-refractivity contribution in [2.24, 2.45) is 0 Å². The Balaban J connectivity index is 1.23. The van der Waals surface area contributed by atoms with Crippen molar-refractivity contribution >= 4 is 11.6 Å². The molecule has 2 aromatic carbocycles. The number of ether oxygens (including phenoxy) is 2. The lowest BCUT2D eigenvalue weighted by molar-refractivity contribution is -0.0691. The number of nitrogens with zero attached hydrogens (tertiary/aromatic N) is 3. The third-order valence-electron chi connectivity index (χ3n) is 5.93. The molecule has 2 atom stereocenters. The zero-order valence-corrected chi connectivity index (χ0v) is 18.8. The van der Waals surface area contributed by atoms with Gasteiger partial charge in [0, 0.05) is 24.5 Å². The molecule has 4 aromatic rings. The number of hydrogen-bond acceptors (Lipinski definition) is 4. The van der Waals surface area contributed by atoms with Crippen LogP contribution < -0.4 is 4.74 Å². The van der Waals surface area contributed by atoms with Gasteiger partial charge < -0.3 is 18.8 Å². The maximum atomic E-state index is 13.2. The van der Waals surface area contributed by atoms with Crippen LogP contribution in [0.4, 0.5) is 0 Å². The maximum absolute atomic E-state index is 13.2. The smallest absolute Gasteiger partial charge is 0.254 e. The van der Waals surface area contributed by atoms with Gasteiger partial charge in [0.2, 0.25) is 0 Å². The Bertz CT molecular complexity index is 1250. The van der Waals surface area contributed by atoms with E-state index in [4.69, 9.17) is 9.47 Å². The van der Waals surface area contributed by atoms with Crippen molar-refractivity contribution in [3.05, 3.63) is 102 Å². The van der Waals surface area contributed by atoms with Crippen molar-refractivity contribution in [2.75, 3.05) is 13.1 Å². The summed E-state index contributed by atoms with van der Waals surface area (Å²) in [5, 5.41) is 0. The zero-order valence-electron chi connectivity index (χ0n) is 18.8. The summed E-state index contributed by atoms with van der Waals surface area (Å²) >= 11 is 0. The number of imidazole rings is 1. The van der Waals surface area contributed by atoms with Gasteiger partial charge in [-0.3, -0.25) is 4.79 Å². The van der Waals surface area contributed by atoms with Crippen molar-refractivity contribution in [3.8, 4) is 5.75 Å². The van der Waals surface area contributed by atoms with Gasteiger partial charge >= 0.3 is 0 Å². The summed E-state index contributed by atoms with van der Waals surface area (Å²) in [6, 6.07) is 21.4. The Morgan fingerprint density at radius 3 is 2.61 bits per heavy atom. The van der Waals surface area contributed by atoms with Crippen molar-refractivity contribution < 1.29 is 14.3 Å². The first-order valence-corrected chi connectivity index (χ1v) is 11.2. The van der Waals surface area contributed by atoms with E-state index >= 15 is 0 Å². The second-order valence-electron chi connectivity index (χ2n) is 8.52. The van der Waals surface area contributed by atoms with Crippen LogP contribution in [0.15, 0.2) is 79.1 Å². The molecule has 1 saturated heterocycles. The molecule has 33 heavy (non-hydrogen) atoms. The molecular formula is C27H27N3O3. The van der Waals surface area contributed by atoms with Crippen LogP contribution in [-0.4, -0.2) is 39.4 Å². The van der Waals surface area contributed by atoms with Crippen molar-refractivity contribution in [2.45, 2.75) is 32.7 Å². The first-order chi connectivity index (χ1) is 16.1. The summed E-state index contributed by atoms with van der Waals surface area (Å²) < 4.78 is 14.0. The van der Waals surface area contributed by atoms with E-state index in [0.29, 0.717) is 31.0 Å². The highest BCUT2D eigenvalue weighted by Gasteiger charge is 2.29. The number of aromatic nitrogens is 2. The number of morpholine rings is 1. The van der Waals surface area contributed by atoms with E-state index in [2.05, 4.69) is 4.98 Å². The summed E-state index contributed by atoms with van der Waals surface area (Å²) in [7, 11) is 0. The van der Waals surface area contributed by atoms with Gasteiger partial charge in [-0.05, 0) is 55.3 Å². The largest absolute Gasteiger partial charge is 0.487 e. The van der Waals surface area contributed by atoms with E-state index in [-0.39, 0.29) is 18.1 Å². The lowest BCUT2D eigenvalue weighted by Gasteiger charge is -2.37. The fourth-order valence-corrected chi connectivity index (χ4v) is 4.28. The molecule has 1 aliphatic heterocycles. The van der Waals surface area contributed by atoms with Gasteiger partial charge in [-0.2, -0.15) is 0 Å². The SMILES string of the molecule is Cc1cccn2cc(COc3ccc(C(=O)N4CC(C)OC(c5ccccc5)C4)cc3)nc12. The van der Waals surface area contributed by atoms with E-state index in [9.17, 15) is 4.79 Å². The minimum atomic E-state index is -0.115. The summed E-state index contributed by atoms with van der Waals surface area (Å²) in [6.45, 7) is 5.54.